The van der Waals surface area contributed by atoms with Crippen LogP contribution in [0.5, 0.6) is 0 Å². The molecule has 2 aromatic rings. The monoisotopic (exact) mass is 512 g/mol. The zero-order valence-electron chi connectivity index (χ0n) is 18.4. The summed E-state index contributed by atoms with van der Waals surface area (Å²) in [6.45, 7) is 3.92. The molecule has 32 heavy (non-hydrogen) atoms. The summed E-state index contributed by atoms with van der Waals surface area (Å²) in [4.78, 5) is 12.9. The summed E-state index contributed by atoms with van der Waals surface area (Å²) in [5.41, 5.74) is -1.75. The van der Waals surface area contributed by atoms with Gasteiger partial charge in [-0.25, -0.2) is 22.7 Å². The van der Waals surface area contributed by atoms with Crippen LogP contribution in [0.4, 0.5) is 8.78 Å². The molecule has 0 aliphatic heterocycles. The quantitative estimate of drug-likeness (QED) is 0.306. The Kier molecular flexibility index (Phi) is 7.76. The highest BCUT2D eigenvalue weighted by molar-refractivity contribution is 5.81. The lowest BCUT2D eigenvalue weighted by Gasteiger charge is -2.32. The Bertz CT molecular complexity index is 917. The average Bonchev–Trinajstić information content (AvgIpc) is 3.41. The third-order valence-corrected chi connectivity index (χ3v) is 6.71. The molecule has 2 aliphatic carbocycles. The zero-order chi connectivity index (χ0) is 22.1. The van der Waals surface area contributed by atoms with Gasteiger partial charge in [-0.2, -0.15) is 0 Å². The van der Waals surface area contributed by atoms with Crippen molar-refractivity contribution in [2.24, 2.45) is 11.8 Å². The van der Waals surface area contributed by atoms with Crippen LogP contribution in [0.15, 0.2) is 42.7 Å². The van der Waals surface area contributed by atoms with E-state index >= 15 is 0 Å². The molecular weight excluding hydrogens is 482 g/mol. The summed E-state index contributed by atoms with van der Waals surface area (Å²) < 4.78 is 37.5. The molecule has 2 atom stereocenters. The normalized spacial score (nSPS) is 21.6. The number of aryl methyl sites for hydroxylation is 1. The van der Waals surface area contributed by atoms with Gasteiger partial charge in [0.05, 0.1) is 19.7 Å². The molecule has 8 heteroatoms. The lowest BCUT2D eigenvalue weighted by Crippen LogP contribution is -3.00. The van der Waals surface area contributed by atoms with Crippen LogP contribution in [0.25, 0.3) is 0 Å². The van der Waals surface area contributed by atoms with Gasteiger partial charge in [0, 0.05) is 32.1 Å². The maximum atomic E-state index is 13.9. The van der Waals surface area contributed by atoms with Crippen molar-refractivity contribution >= 4 is 5.97 Å². The Hall–Kier alpha value is -1.80. The van der Waals surface area contributed by atoms with Crippen LogP contribution in [0.2, 0.25) is 0 Å². The number of aromatic nitrogens is 2. The molecule has 2 fully saturated rings. The number of esters is 1. The summed E-state index contributed by atoms with van der Waals surface area (Å²) >= 11 is 0. The van der Waals surface area contributed by atoms with Crippen LogP contribution in [-0.4, -0.2) is 28.2 Å². The molecule has 1 heterocycles. The first-order chi connectivity index (χ1) is 14.8. The minimum absolute atomic E-state index is 0. The number of halogens is 3. The number of aliphatic hydroxyl groups is 1. The largest absolute Gasteiger partial charge is 1.00 e. The van der Waals surface area contributed by atoms with Crippen molar-refractivity contribution in [2.45, 2.75) is 70.1 Å². The first-order valence-corrected chi connectivity index (χ1v) is 11.2. The number of carbonyl (C=O) groups is 1. The number of ether oxygens (including phenoxy) is 1. The number of nitrogens with zero attached hydrogens (tertiary/aromatic N) is 2. The van der Waals surface area contributed by atoms with E-state index in [0.717, 1.165) is 18.3 Å². The van der Waals surface area contributed by atoms with Crippen molar-refractivity contribution in [1.29, 1.82) is 0 Å². The van der Waals surface area contributed by atoms with Gasteiger partial charge in [-0.3, -0.25) is 0 Å². The Morgan fingerprint density at radius 2 is 2.00 bits per heavy atom. The van der Waals surface area contributed by atoms with Crippen LogP contribution in [-0.2, 0) is 28.2 Å². The van der Waals surface area contributed by atoms with E-state index in [4.69, 9.17) is 4.74 Å². The summed E-state index contributed by atoms with van der Waals surface area (Å²) in [7, 11) is 0. The lowest BCUT2D eigenvalue weighted by atomic mass is 9.80. The van der Waals surface area contributed by atoms with E-state index in [1.54, 1.807) is 30.3 Å². The van der Waals surface area contributed by atoms with E-state index in [-0.39, 0.29) is 36.4 Å². The van der Waals surface area contributed by atoms with Crippen molar-refractivity contribution < 1.29 is 45.0 Å². The second kappa shape index (κ2) is 10.00. The average molecular weight is 513 g/mol. The van der Waals surface area contributed by atoms with Gasteiger partial charge in [0.15, 0.2) is 5.60 Å². The maximum absolute atomic E-state index is 13.9. The summed E-state index contributed by atoms with van der Waals surface area (Å²) in [6, 6.07) is 8.32. The Morgan fingerprint density at radius 1 is 1.28 bits per heavy atom. The number of alkyl halides is 2. The van der Waals surface area contributed by atoms with Gasteiger partial charge in [-0.1, -0.05) is 30.3 Å². The van der Waals surface area contributed by atoms with Crippen molar-refractivity contribution in [2.75, 3.05) is 6.61 Å². The fraction of sp³-hybridized carbons (Fsp3) is 0.583. The zero-order valence-corrected chi connectivity index (χ0v) is 19.9. The Morgan fingerprint density at radius 3 is 2.62 bits per heavy atom. The minimum atomic E-state index is -2.87. The third kappa shape index (κ3) is 5.39. The molecule has 176 valence electrons. The van der Waals surface area contributed by atoms with E-state index in [2.05, 4.69) is 22.3 Å². The minimum Gasteiger partial charge on any atom is -1.00 e. The number of hydrogen-bond donors (Lipinski definition) is 1. The fourth-order valence-electron chi connectivity index (χ4n) is 4.58. The topological polar surface area (TPSA) is 55.3 Å². The predicted octanol–water partition coefficient (Wildman–Crippen LogP) is 0.755. The van der Waals surface area contributed by atoms with Gasteiger partial charge in [-0.15, -0.1) is 0 Å². The van der Waals surface area contributed by atoms with Crippen molar-refractivity contribution in [3.8, 4) is 0 Å². The molecule has 0 bridgehead atoms. The molecule has 2 aliphatic rings. The van der Waals surface area contributed by atoms with E-state index in [9.17, 15) is 18.7 Å². The molecule has 5 nitrogen and oxygen atoms in total. The highest BCUT2D eigenvalue weighted by Gasteiger charge is 2.54. The lowest BCUT2D eigenvalue weighted by molar-refractivity contribution is -0.705. The van der Waals surface area contributed by atoms with Crippen LogP contribution in [0, 0.1) is 18.8 Å². The number of carbonyl (C=O) groups excluding carboxylic acids is 1. The highest BCUT2D eigenvalue weighted by atomic mass is 79.9. The molecule has 0 saturated heterocycles. The SMILES string of the molecule is Cc1n(CCCOC(=O)[C@](O)(c2ccccc2)[C@@H]2CCC(F)(F)C2)cc[n+]1CC1CC1.[Br-]. The highest BCUT2D eigenvalue weighted by Crippen LogP contribution is 2.47. The Balaban J connectivity index is 0.00000289. The van der Waals surface area contributed by atoms with Crippen molar-refractivity contribution in [1.82, 2.24) is 4.57 Å². The molecule has 0 unspecified atom stereocenters. The summed E-state index contributed by atoms with van der Waals surface area (Å²) in [5, 5.41) is 11.3. The maximum Gasteiger partial charge on any atom is 0.343 e. The van der Waals surface area contributed by atoms with E-state index in [1.807, 2.05) is 6.20 Å². The fourth-order valence-corrected chi connectivity index (χ4v) is 4.58. The van der Waals surface area contributed by atoms with Gasteiger partial charge in [0.1, 0.15) is 12.4 Å². The molecule has 0 radical (unpaired) electrons. The number of rotatable bonds is 9. The predicted molar refractivity (Wildman–Crippen MR) is 110 cm³/mol. The molecule has 1 aromatic carbocycles. The first kappa shape index (κ1) is 24.8. The second-order valence-corrected chi connectivity index (χ2v) is 9.05. The van der Waals surface area contributed by atoms with Gasteiger partial charge in [0.25, 0.3) is 5.82 Å². The second-order valence-electron chi connectivity index (χ2n) is 9.05. The van der Waals surface area contributed by atoms with Crippen LogP contribution in [0.1, 0.15) is 49.9 Å². The first-order valence-electron chi connectivity index (χ1n) is 11.2. The van der Waals surface area contributed by atoms with Crippen LogP contribution in [0.3, 0.4) is 0 Å². The molecule has 1 aromatic heterocycles. The summed E-state index contributed by atoms with van der Waals surface area (Å²) in [5.74, 6) is -2.62. The van der Waals surface area contributed by atoms with E-state index < -0.39 is 29.8 Å². The van der Waals surface area contributed by atoms with E-state index in [1.165, 1.54) is 12.8 Å². The van der Waals surface area contributed by atoms with Crippen LogP contribution >= 0.6 is 0 Å². The smallest absolute Gasteiger partial charge is 0.343 e. The molecular formula is C24H31BrF2N2O3. The molecule has 1 N–H and O–H groups in total. The molecule has 0 spiro atoms. The van der Waals surface area contributed by atoms with E-state index in [0.29, 0.717) is 18.5 Å². The molecule has 0 amide bonds. The van der Waals surface area contributed by atoms with Crippen molar-refractivity contribution in [3.05, 3.63) is 54.1 Å². The third-order valence-electron chi connectivity index (χ3n) is 6.71. The molecule has 2 saturated carbocycles. The molecule has 4 rings (SSSR count). The van der Waals surface area contributed by atoms with Crippen LogP contribution < -0.4 is 21.5 Å². The number of benzene rings is 1. The van der Waals surface area contributed by atoms with Crippen molar-refractivity contribution in [3.63, 3.8) is 0 Å². The van der Waals surface area contributed by atoms with Gasteiger partial charge < -0.3 is 26.8 Å². The van der Waals surface area contributed by atoms with Gasteiger partial charge >= 0.3 is 5.97 Å². The Labute approximate surface area is 198 Å². The van der Waals surface area contributed by atoms with Gasteiger partial charge in [-0.05, 0) is 30.7 Å². The standard InChI is InChI=1S/C24H31F2N2O3.BrH/c1-18-27(13-14-28(18)17-19-8-9-19)12-5-15-31-22(29)24(30,20-6-3-2-4-7-20)21-10-11-23(25,26)16-21;/h2-4,6-7,13-14,19,21,30H,5,8-12,15-17H2,1H3;1H/q+1;/p-1/t21-,24+;/m1./s1. The number of hydrogen-bond acceptors (Lipinski definition) is 3. The van der Waals surface area contributed by atoms with Gasteiger partial charge in [0.2, 0.25) is 5.92 Å². The number of imidazole rings is 1. The summed E-state index contributed by atoms with van der Waals surface area (Å²) in [6.07, 6.45) is 6.52.